The van der Waals surface area contributed by atoms with Crippen LogP contribution in [0.3, 0.4) is 0 Å². The van der Waals surface area contributed by atoms with Gasteiger partial charge in [0, 0.05) is 30.2 Å². The lowest BCUT2D eigenvalue weighted by molar-refractivity contribution is 0.102. The normalized spacial score (nSPS) is 10.4. The summed E-state index contributed by atoms with van der Waals surface area (Å²) < 4.78 is 0. The first-order chi connectivity index (χ1) is 13.6. The molecule has 0 aliphatic carbocycles. The molecule has 3 rings (SSSR count). The van der Waals surface area contributed by atoms with E-state index >= 15 is 0 Å². The quantitative estimate of drug-likeness (QED) is 0.630. The molecular formula is C22H25N5O. The molecule has 0 atom stereocenters. The van der Waals surface area contributed by atoms with Gasteiger partial charge in [-0.15, -0.1) is 0 Å². The van der Waals surface area contributed by atoms with Crippen LogP contribution in [0.5, 0.6) is 0 Å². The van der Waals surface area contributed by atoms with E-state index in [4.69, 9.17) is 0 Å². The smallest absolute Gasteiger partial charge is 0.275 e. The van der Waals surface area contributed by atoms with E-state index in [0.717, 1.165) is 30.2 Å². The van der Waals surface area contributed by atoms with Gasteiger partial charge >= 0.3 is 0 Å². The molecule has 0 aliphatic rings. The van der Waals surface area contributed by atoms with Crippen LogP contribution in [0.15, 0.2) is 60.9 Å². The molecule has 1 amide bonds. The van der Waals surface area contributed by atoms with E-state index in [1.807, 2.05) is 55.5 Å². The zero-order valence-corrected chi connectivity index (χ0v) is 16.4. The fourth-order valence-electron chi connectivity index (χ4n) is 2.83. The Kier molecular flexibility index (Phi) is 6.22. The molecule has 28 heavy (non-hydrogen) atoms. The van der Waals surface area contributed by atoms with E-state index in [-0.39, 0.29) is 11.6 Å². The van der Waals surface area contributed by atoms with Crippen LogP contribution in [0.25, 0.3) is 0 Å². The Labute approximate surface area is 165 Å². The van der Waals surface area contributed by atoms with Crippen LogP contribution in [-0.4, -0.2) is 29.0 Å². The highest BCUT2D eigenvalue weighted by Crippen LogP contribution is 2.18. The molecule has 0 aliphatic heterocycles. The molecule has 0 saturated heterocycles. The number of rotatable bonds is 7. The van der Waals surface area contributed by atoms with Crippen molar-refractivity contribution in [3.63, 3.8) is 0 Å². The van der Waals surface area contributed by atoms with Gasteiger partial charge in [-0.1, -0.05) is 17.7 Å². The van der Waals surface area contributed by atoms with Crippen LogP contribution in [0.1, 0.15) is 29.9 Å². The number of hydrogen-bond acceptors (Lipinski definition) is 5. The first kappa shape index (κ1) is 19.4. The second-order valence-electron chi connectivity index (χ2n) is 6.45. The maximum Gasteiger partial charge on any atom is 0.275 e. The fraction of sp³-hybridized carbons (Fsp3) is 0.227. The molecule has 1 heterocycles. The predicted molar refractivity (Wildman–Crippen MR) is 114 cm³/mol. The number of nitrogens with zero attached hydrogens (tertiary/aromatic N) is 3. The number of nitrogens with one attached hydrogen (secondary N) is 2. The summed E-state index contributed by atoms with van der Waals surface area (Å²) >= 11 is 0. The molecular weight excluding hydrogens is 350 g/mol. The van der Waals surface area contributed by atoms with Gasteiger partial charge in [-0.3, -0.25) is 4.79 Å². The Morgan fingerprint density at radius 3 is 2.11 bits per heavy atom. The summed E-state index contributed by atoms with van der Waals surface area (Å²) in [6.45, 7) is 8.17. The average Bonchev–Trinajstić information content (AvgIpc) is 2.72. The minimum absolute atomic E-state index is 0.266. The van der Waals surface area contributed by atoms with Gasteiger partial charge in [-0.2, -0.15) is 0 Å². The van der Waals surface area contributed by atoms with E-state index in [2.05, 4.69) is 39.3 Å². The number of carbonyl (C=O) groups excluding carboxylic acids is 1. The third-order valence-electron chi connectivity index (χ3n) is 4.46. The molecule has 0 fully saturated rings. The Bertz CT molecular complexity index is 901. The summed E-state index contributed by atoms with van der Waals surface area (Å²) in [6.07, 6.45) is 3.02. The number of anilines is 4. The largest absolute Gasteiger partial charge is 0.372 e. The lowest BCUT2D eigenvalue weighted by atomic mass is 10.2. The number of aromatic nitrogens is 2. The first-order valence-electron chi connectivity index (χ1n) is 9.41. The molecule has 6 nitrogen and oxygen atoms in total. The lowest BCUT2D eigenvalue weighted by Crippen LogP contribution is -2.21. The molecule has 1 aromatic heterocycles. The zero-order chi connectivity index (χ0) is 19.9. The van der Waals surface area contributed by atoms with Crippen molar-refractivity contribution in [1.82, 2.24) is 9.97 Å². The van der Waals surface area contributed by atoms with Gasteiger partial charge in [0.2, 0.25) is 0 Å². The van der Waals surface area contributed by atoms with Gasteiger partial charge in [-0.25, -0.2) is 9.97 Å². The summed E-state index contributed by atoms with van der Waals surface area (Å²) in [5, 5.41) is 6.02. The highest BCUT2D eigenvalue weighted by molar-refractivity contribution is 6.02. The number of aryl methyl sites for hydroxylation is 1. The molecule has 0 saturated carbocycles. The molecule has 2 N–H and O–H groups in total. The van der Waals surface area contributed by atoms with E-state index in [1.165, 1.54) is 11.8 Å². The topological polar surface area (TPSA) is 70.2 Å². The summed E-state index contributed by atoms with van der Waals surface area (Å²) in [4.78, 5) is 23.1. The first-order valence-corrected chi connectivity index (χ1v) is 9.41. The predicted octanol–water partition coefficient (Wildman–Crippen LogP) is 4.63. The summed E-state index contributed by atoms with van der Waals surface area (Å²) in [7, 11) is 0. The van der Waals surface area contributed by atoms with Gasteiger partial charge in [-0.05, 0) is 57.2 Å². The van der Waals surface area contributed by atoms with Crippen molar-refractivity contribution in [3.05, 3.63) is 72.2 Å². The third kappa shape index (κ3) is 4.85. The molecule has 0 bridgehead atoms. The maximum atomic E-state index is 12.4. The average molecular weight is 375 g/mol. The summed E-state index contributed by atoms with van der Waals surface area (Å²) in [5.74, 6) is 0.300. The summed E-state index contributed by atoms with van der Waals surface area (Å²) in [6, 6.07) is 15.8. The van der Waals surface area contributed by atoms with Crippen LogP contribution in [0.2, 0.25) is 0 Å². The molecule has 2 aromatic carbocycles. The highest BCUT2D eigenvalue weighted by Gasteiger charge is 2.09. The van der Waals surface area contributed by atoms with Crippen LogP contribution in [-0.2, 0) is 0 Å². The van der Waals surface area contributed by atoms with Crippen molar-refractivity contribution in [2.75, 3.05) is 28.6 Å². The SMILES string of the molecule is CCN(CC)c1ccc(NC(=O)c2cnc(Nc3ccc(C)cc3)cn2)cc1. The van der Waals surface area contributed by atoms with E-state index in [0.29, 0.717) is 5.82 Å². The Hall–Kier alpha value is -3.41. The van der Waals surface area contributed by atoms with E-state index < -0.39 is 0 Å². The highest BCUT2D eigenvalue weighted by atomic mass is 16.1. The number of hydrogen-bond donors (Lipinski definition) is 2. The molecule has 0 unspecified atom stereocenters. The lowest BCUT2D eigenvalue weighted by Gasteiger charge is -2.21. The van der Waals surface area contributed by atoms with Crippen molar-refractivity contribution in [1.29, 1.82) is 0 Å². The van der Waals surface area contributed by atoms with Crippen LogP contribution >= 0.6 is 0 Å². The Morgan fingerprint density at radius 2 is 1.54 bits per heavy atom. The molecule has 0 spiro atoms. The standard InChI is InChI=1S/C22H25N5O/c1-4-27(5-2)19-12-10-18(11-13-19)26-22(28)20-14-24-21(15-23-20)25-17-8-6-16(3)7-9-17/h6-15H,4-5H2,1-3H3,(H,24,25)(H,26,28). The van der Waals surface area contributed by atoms with Crippen molar-refractivity contribution in [3.8, 4) is 0 Å². The Morgan fingerprint density at radius 1 is 0.893 bits per heavy atom. The van der Waals surface area contributed by atoms with Gasteiger partial charge in [0.1, 0.15) is 11.5 Å². The maximum absolute atomic E-state index is 12.4. The molecule has 144 valence electrons. The number of benzene rings is 2. The van der Waals surface area contributed by atoms with Crippen molar-refractivity contribution in [2.24, 2.45) is 0 Å². The fourth-order valence-corrected chi connectivity index (χ4v) is 2.83. The third-order valence-corrected chi connectivity index (χ3v) is 4.46. The second kappa shape index (κ2) is 8.99. The van der Waals surface area contributed by atoms with Gasteiger partial charge < -0.3 is 15.5 Å². The molecule has 3 aromatic rings. The molecule has 0 radical (unpaired) electrons. The van der Waals surface area contributed by atoms with E-state index in [1.54, 1.807) is 6.20 Å². The van der Waals surface area contributed by atoms with Crippen LogP contribution < -0.4 is 15.5 Å². The van der Waals surface area contributed by atoms with E-state index in [9.17, 15) is 4.79 Å². The van der Waals surface area contributed by atoms with Crippen molar-refractivity contribution in [2.45, 2.75) is 20.8 Å². The van der Waals surface area contributed by atoms with Crippen LogP contribution in [0, 0.1) is 6.92 Å². The van der Waals surface area contributed by atoms with Gasteiger partial charge in [0.15, 0.2) is 0 Å². The Balaban J connectivity index is 1.62. The van der Waals surface area contributed by atoms with Crippen LogP contribution in [0.4, 0.5) is 22.9 Å². The summed E-state index contributed by atoms with van der Waals surface area (Å²) in [5.41, 5.74) is 4.24. The second-order valence-corrected chi connectivity index (χ2v) is 6.45. The van der Waals surface area contributed by atoms with Crippen molar-refractivity contribution >= 4 is 28.8 Å². The number of amides is 1. The van der Waals surface area contributed by atoms with Gasteiger partial charge in [0.05, 0.1) is 12.4 Å². The monoisotopic (exact) mass is 375 g/mol. The minimum Gasteiger partial charge on any atom is -0.372 e. The molecule has 6 heteroatoms. The number of carbonyl (C=O) groups is 1. The van der Waals surface area contributed by atoms with Gasteiger partial charge in [0.25, 0.3) is 5.91 Å². The minimum atomic E-state index is -0.287. The zero-order valence-electron chi connectivity index (χ0n) is 16.4. The van der Waals surface area contributed by atoms with Crippen molar-refractivity contribution < 1.29 is 4.79 Å².